The van der Waals surface area contributed by atoms with Crippen molar-refractivity contribution < 1.29 is 13.9 Å². The van der Waals surface area contributed by atoms with Crippen LogP contribution in [0.15, 0.2) is 53.3 Å². The molecule has 6 nitrogen and oxygen atoms in total. The number of aromatic amines is 1. The highest BCUT2D eigenvalue weighted by atomic mass is 32.1. The van der Waals surface area contributed by atoms with E-state index >= 15 is 0 Å². The Morgan fingerprint density at radius 2 is 1.93 bits per heavy atom. The van der Waals surface area contributed by atoms with Crippen LogP contribution in [0.2, 0.25) is 0 Å². The van der Waals surface area contributed by atoms with E-state index in [4.69, 9.17) is 17.0 Å². The molecule has 0 saturated carbocycles. The van der Waals surface area contributed by atoms with Crippen molar-refractivity contribution in [2.45, 2.75) is 13.0 Å². The normalized spacial score (nSPS) is 10.8. The standard InChI is InChI=1S/C20H20FN3O3S/c1-23(12-13-27-15-8-6-14(21)7-9-15)18(25)10-11-24-19(26)16-4-2-3-5-17(16)22-20(24)28/h2-9H,10-13H2,1H3,(H,22,28). The molecule has 2 aromatic carbocycles. The number of benzene rings is 2. The maximum absolute atomic E-state index is 12.9. The first kappa shape index (κ1) is 19.8. The van der Waals surface area contributed by atoms with Gasteiger partial charge in [0.2, 0.25) is 5.91 Å². The molecule has 8 heteroatoms. The number of H-pyrrole nitrogens is 1. The predicted octanol–water partition coefficient (Wildman–Crippen LogP) is 3.13. The largest absolute Gasteiger partial charge is 0.492 e. The summed E-state index contributed by atoms with van der Waals surface area (Å²) in [4.78, 5) is 29.5. The minimum absolute atomic E-state index is 0.128. The van der Waals surface area contributed by atoms with Gasteiger partial charge >= 0.3 is 0 Å². The van der Waals surface area contributed by atoms with Crippen LogP contribution in [0.3, 0.4) is 0 Å². The van der Waals surface area contributed by atoms with Gasteiger partial charge in [0, 0.05) is 20.0 Å². The van der Waals surface area contributed by atoms with Crippen molar-refractivity contribution in [1.29, 1.82) is 0 Å². The van der Waals surface area contributed by atoms with E-state index in [0.29, 0.717) is 28.0 Å². The fourth-order valence-electron chi connectivity index (χ4n) is 2.76. The van der Waals surface area contributed by atoms with Gasteiger partial charge in [0.1, 0.15) is 18.2 Å². The molecular formula is C20H20FN3O3S. The molecule has 1 N–H and O–H groups in total. The van der Waals surface area contributed by atoms with Gasteiger partial charge in [-0.1, -0.05) is 12.1 Å². The molecule has 28 heavy (non-hydrogen) atoms. The second kappa shape index (κ2) is 8.79. The van der Waals surface area contributed by atoms with Gasteiger partial charge in [0.15, 0.2) is 4.77 Å². The maximum atomic E-state index is 12.9. The summed E-state index contributed by atoms with van der Waals surface area (Å²) in [7, 11) is 1.67. The second-order valence-electron chi connectivity index (χ2n) is 6.30. The molecule has 0 bridgehead atoms. The van der Waals surface area contributed by atoms with E-state index < -0.39 is 0 Å². The molecule has 0 radical (unpaired) electrons. The van der Waals surface area contributed by atoms with Crippen molar-refractivity contribution in [2.24, 2.45) is 0 Å². The minimum Gasteiger partial charge on any atom is -0.492 e. The molecule has 146 valence electrons. The summed E-state index contributed by atoms with van der Waals surface area (Å²) in [6, 6.07) is 12.8. The monoisotopic (exact) mass is 401 g/mol. The van der Waals surface area contributed by atoms with Crippen LogP contribution in [-0.4, -0.2) is 40.6 Å². The second-order valence-corrected chi connectivity index (χ2v) is 6.69. The number of rotatable bonds is 7. The van der Waals surface area contributed by atoms with Crippen LogP contribution in [0.4, 0.5) is 4.39 Å². The Morgan fingerprint density at radius 1 is 1.21 bits per heavy atom. The molecule has 0 unspecified atom stereocenters. The Morgan fingerprint density at radius 3 is 2.68 bits per heavy atom. The Kier molecular flexibility index (Phi) is 6.20. The third-order valence-electron chi connectivity index (χ3n) is 4.37. The zero-order valence-electron chi connectivity index (χ0n) is 15.4. The zero-order chi connectivity index (χ0) is 20.1. The number of fused-ring (bicyclic) bond motifs is 1. The third-order valence-corrected chi connectivity index (χ3v) is 4.70. The van der Waals surface area contributed by atoms with Gasteiger partial charge in [-0.05, 0) is 48.6 Å². The van der Waals surface area contributed by atoms with Crippen LogP contribution < -0.4 is 10.3 Å². The van der Waals surface area contributed by atoms with Crippen LogP contribution in [0.1, 0.15) is 6.42 Å². The molecule has 3 rings (SSSR count). The van der Waals surface area contributed by atoms with E-state index in [2.05, 4.69) is 4.98 Å². The average molecular weight is 401 g/mol. The van der Waals surface area contributed by atoms with Crippen LogP contribution in [-0.2, 0) is 11.3 Å². The number of likely N-dealkylation sites (N-methyl/N-ethyl adjacent to an activating group) is 1. The highest BCUT2D eigenvalue weighted by molar-refractivity contribution is 7.71. The first-order valence-electron chi connectivity index (χ1n) is 8.80. The lowest BCUT2D eigenvalue weighted by Crippen LogP contribution is -2.32. The fraction of sp³-hybridized carbons (Fsp3) is 0.250. The Bertz CT molecular complexity index is 1090. The van der Waals surface area contributed by atoms with Crippen molar-refractivity contribution in [3.63, 3.8) is 0 Å². The highest BCUT2D eigenvalue weighted by Gasteiger charge is 2.11. The summed E-state index contributed by atoms with van der Waals surface area (Å²) < 4.78 is 20.1. The number of halogens is 1. The van der Waals surface area contributed by atoms with Gasteiger partial charge in [-0.3, -0.25) is 14.2 Å². The number of aromatic nitrogens is 2. The summed E-state index contributed by atoms with van der Waals surface area (Å²) in [5.74, 6) is 0.0790. The molecule has 0 saturated heterocycles. The molecule has 1 aromatic heterocycles. The van der Waals surface area contributed by atoms with E-state index in [-0.39, 0.29) is 36.9 Å². The summed E-state index contributed by atoms with van der Waals surface area (Å²) in [6.45, 7) is 0.848. The SMILES string of the molecule is CN(CCOc1ccc(F)cc1)C(=O)CCn1c(=S)[nH]c2ccccc2c1=O. The number of nitrogens with one attached hydrogen (secondary N) is 1. The summed E-state index contributed by atoms with van der Waals surface area (Å²) in [5, 5.41) is 0.532. The number of hydrogen-bond donors (Lipinski definition) is 1. The molecular weight excluding hydrogens is 381 g/mol. The van der Waals surface area contributed by atoms with Gasteiger partial charge < -0.3 is 14.6 Å². The molecule has 0 spiro atoms. The molecule has 0 aliphatic heterocycles. The van der Waals surface area contributed by atoms with E-state index in [9.17, 15) is 14.0 Å². The number of carbonyl (C=O) groups excluding carboxylic acids is 1. The van der Waals surface area contributed by atoms with Crippen molar-refractivity contribution in [2.75, 3.05) is 20.2 Å². The first-order chi connectivity index (χ1) is 13.5. The lowest BCUT2D eigenvalue weighted by molar-refractivity contribution is -0.130. The Balaban J connectivity index is 1.56. The predicted molar refractivity (Wildman–Crippen MR) is 108 cm³/mol. The van der Waals surface area contributed by atoms with Crippen molar-refractivity contribution in [3.8, 4) is 5.75 Å². The molecule has 0 fully saturated rings. The number of amides is 1. The molecule has 0 aliphatic carbocycles. The van der Waals surface area contributed by atoms with Gasteiger partial charge in [-0.15, -0.1) is 0 Å². The smallest absolute Gasteiger partial charge is 0.262 e. The average Bonchev–Trinajstić information content (AvgIpc) is 2.69. The Labute approximate surface area is 166 Å². The summed E-state index contributed by atoms with van der Waals surface area (Å²) >= 11 is 5.25. The molecule has 0 aliphatic rings. The lowest BCUT2D eigenvalue weighted by Gasteiger charge is -2.18. The maximum Gasteiger partial charge on any atom is 0.262 e. The zero-order valence-corrected chi connectivity index (χ0v) is 16.2. The fourth-order valence-corrected chi connectivity index (χ4v) is 3.04. The van der Waals surface area contributed by atoms with Gasteiger partial charge in [-0.25, -0.2) is 4.39 Å². The number of ether oxygens (including phenoxy) is 1. The van der Waals surface area contributed by atoms with Gasteiger partial charge in [0.05, 0.1) is 17.4 Å². The van der Waals surface area contributed by atoms with Crippen LogP contribution >= 0.6 is 12.2 Å². The van der Waals surface area contributed by atoms with Gasteiger partial charge in [0.25, 0.3) is 5.56 Å². The minimum atomic E-state index is -0.332. The number of hydrogen-bond acceptors (Lipinski definition) is 4. The highest BCUT2D eigenvalue weighted by Crippen LogP contribution is 2.11. The first-order valence-corrected chi connectivity index (χ1v) is 9.21. The summed E-state index contributed by atoms with van der Waals surface area (Å²) in [5.41, 5.74) is 0.463. The lowest BCUT2D eigenvalue weighted by atomic mass is 10.2. The molecule has 0 atom stereocenters. The van der Waals surface area contributed by atoms with E-state index in [1.807, 2.05) is 6.07 Å². The van der Waals surface area contributed by atoms with Crippen LogP contribution in [0, 0.1) is 10.6 Å². The third kappa shape index (κ3) is 4.64. The molecule has 1 heterocycles. The van der Waals surface area contributed by atoms with Crippen molar-refractivity contribution in [1.82, 2.24) is 14.5 Å². The molecule has 1 amide bonds. The Hall–Kier alpha value is -3.00. The van der Waals surface area contributed by atoms with E-state index in [1.165, 1.54) is 33.7 Å². The number of nitrogens with zero attached hydrogens (tertiary/aromatic N) is 2. The van der Waals surface area contributed by atoms with Crippen molar-refractivity contribution >= 4 is 29.0 Å². The van der Waals surface area contributed by atoms with Crippen LogP contribution in [0.25, 0.3) is 10.9 Å². The topological polar surface area (TPSA) is 67.3 Å². The van der Waals surface area contributed by atoms with Gasteiger partial charge in [-0.2, -0.15) is 0 Å². The quantitative estimate of drug-likeness (QED) is 0.618. The molecule has 3 aromatic rings. The van der Waals surface area contributed by atoms with E-state index in [1.54, 1.807) is 25.2 Å². The number of carbonyl (C=O) groups is 1. The van der Waals surface area contributed by atoms with E-state index in [0.717, 1.165) is 0 Å². The number of para-hydroxylation sites is 1. The van der Waals surface area contributed by atoms with Crippen LogP contribution in [0.5, 0.6) is 5.75 Å². The summed E-state index contributed by atoms with van der Waals surface area (Å²) in [6.07, 6.45) is 0.142. The van der Waals surface area contributed by atoms with Crippen molar-refractivity contribution in [3.05, 3.63) is 69.5 Å².